The number of nitrogens with one attached hydrogen (secondary N) is 1. The topological polar surface area (TPSA) is 75.9 Å². The maximum absolute atomic E-state index is 12.3. The molecule has 0 bridgehead atoms. The number of rotatable bonds is 5. The summed E-state index contributed by atoms with van der Waals surface area (Å²) in [5.74, 6) is 1.27. The summed E-state index contributed by atoms with van der Waals surface area (Å²) in [6.45, 7) is 9.37. The third kappa shape index (κ3) is 4.46. The van der Waals surface area contributed by atoms with Gasteiger partial charge in [0.05, 0.1) is 12.2 Å². The van der Waals surface area contributed by atoms with Crippen molar-refractivity contribution in [2.75, 3.05) is 25.0 Å². The average molecular weight is 386 g/mol. The minimum atomic E-state index is -0.470. The van der Waals surface area contributed by atoms with E-state index in [1.165, 1.54) is 5.56 Å². The van der Waals surface area contributed by atoms with E-state index in [-0.39, 0.29) is 12.6 Å². The van der Waals surface area contributed by atoms with Gasteiger partial charge in [0, 0.05) is 19.3 Å². The van der Waals surface area contributed by atoms with E-state index < -0.39 is 5.60 Å². The molecule has 0 radical (unpaired) electrons. The van der Waals surface area contributed by atoms with E-state index in [2.05, 4.69) is 29.5 Å². The molecule has 0 unspecified atom stereocenters. The first-order valence-corrected chi connectivity index (χ1v) is 9.98. The van der Waals surface area contributed by atoms with Gasteiger partial charge in [0.25, 0.3) is 0 Å². The van der Waals surface area contributed by atoms with Gasteiger partial charge in [-0.3, -0.25) is 4.40 Å². The first-order valence-electron chi connectivity index (χ1n) is 9.98. The summed E-state index contributed by atoms with van der Waals surface area (Å²) in [5.41, 5.74) is 2.59. The fraction of sp³-hybridized carbons (Fsp3) is 0.571. The number of hydrogen-bond donors (Lipinski definition) is 1. The molecule has 1 N–H and O–H groups in total. The van der Waals surface area contributed by atoms with Crippen LogP contribution in [0.5, 0.6) is 0 Å². The van der Waals surface area contributed by atoms with Gasteiger partial charge in [-0.2, -0.15) is 0 Å². The van der Waals surface area contributed by atoms with Crippen molar-refractivity contribution in [1.82, 2.24) is 14.3 Å². The fourth-order valence-corrected chi connectivity index (χ4v) is 3.65. The molecule has 1 aliphatic rings. The largest absolute Gasteiger partial charge is 0.444 e. The zero-order valence-electron chi connectivity index (χ0n) is 17.2. The predicted molar refractivity (Wildman–Crippen MR) is 109 cm³/mol. The van der Waals surface area contributed by atoms with Crippen LogP contribution < -0.4 is 5.32 Å². The van der Waals surface area contributed by atoms with Crippen LogP contribution in [0, 0.1) is 0 Å². The number of carbonyl (C=O) groups excluding carboxylic acids is 2. The highest BCUT2D eigenvalue weighted by molar-refractivity contribution is 5.68. The Morgan fingerprint density at radius 3 is 2.64 bits per heavy atom. The normalized spacial score (nSPS) is 15.6. The van der Waals surface area contributed by atoms with Crippen molar-refractivity contribution in [3.63, 3.8) is 0 Å². The molecule has 1 aliphatic heterocycles. The van der Waals surface area contributed by atoms with Gasteiger partial charge in [-0.15, -0.1) is 0 Å². The van der Waals surface area contributed by atoms with Gasteiger partial charge in [0.15, 0.2) is 0 Å². The van der Waals surface area contributed by atoms with Gasteiger partial charge in [-0.1, -0.05) is 13.0 Å². The number of fused-ring (bicyclic) bond motifs is 1. The molecule has 3 rings (SSSR count). The molecule has 0 spiro atoms. The van der Waals surface area contributed by atoms with Crippen LogP contribution in [0.15, 0.2) is 18.3 Å². The van der Waals surface area contributed by atoms with E-state index in [1.54, 1.807) is 4.90 Å². The first-order chi connectivity index (χ1) is 13.3. The molecule has 152 valence electrons. The molecule has 1 amide bonds. The lowest BCUT2D eigenvalue weighted by molar-refractivity contribution is -0.106. The van der Waals surface area contributed by atoms with Gasteiger partial charge in [0.1, 0.15) is 23.4 Å². The van der Waals surface area contributed by atoms with E-state index in [0.29, 0.717) is 19.0 Å². The summed E-state index contributed by atoms with van der Waals surface area (Å²) in [7, 11) is 0. The number of amides is 1. The molecule has 0 saturated carbocycles. The monoisotopic (exact) mass is 386 g/mol. The molecule has 3 heterocycles. The zero-order chi connectivity index (χ0) is 20.3. The molecular formula is C21H30N4O3. The van der Waals surface area contributed by atoms with Gasteiger partial charge in [-0.05, 0) is 57.6 Å². The first kappa shape index (κ1) is 20.2. The molecule has 1 fully saturated rings. The second-order valence-corrected chi connectivity index (χ2v) is 8.24. The lowest BCUT2D eigenvalue weighted by atomic mass is 9.90. The quantitative estimate of drug-likeness (QED) is 0.794. The number of imidazole rings is 1. The SMILES string of the molecule is CCc1nc2ccc(C3CCN(C(=O)OC(C)(C)C)CC3)cn2c1NCC=O. The van der Waals surface area contributed by atoms with Gasteiger partial charge in [-0.25, -0.2) is 9.78 Å². The highest BCUT2D eigenvalue weighted by atomic mass is 16.6. The Labute approximate surface area is 166 Å². The Hall–Kier alpha value is -2.57. The molecule has 0 aliphatic carbocycles. The number of pyridine rings is 1. The second-order valence-electron chi connectivity index (χ2n) is 8.24. The van der Waals surface area contributed by atoms with E-state index in [1.807, 2.05) is 31.2 Å². The van der Waals surface area contributed by atoms with Gasteiger partial charge >= 0.3 is 6.09 Å². The van der Waals surface area contributed by atoms with E-state index >= 15 is 0 Å². The van der Waals surface area contributed by atoms with Crippen molar-refractivity contribution in [1.29, 1.82) is 0 Å². The second kappa shape index (κ2) is 8.20. The average Bonchev–Trinajstić information content (AvgIpc) is 3.02. The summed E-state index contributed by atoms with van der Waals surface area (Å²) in [4.78, 5) is 29.5. The Balaban J connectivity index is 1.74. The van der Waals surface area contributed by atoms with E-state index in [0.717, 1.165) is 42.7 Å². The van der Waals surface area contributed by atoms with Crippen LogP contribution in [0.4, 0.5) is 10.6 Å². The highest BCUT2D eigenvalue weighted by Crippen LogP contribution is 2.30. The van der Waals surface area contributed by atoms with Crippen LogP contribution in [0.25, 0.3) is 5.65 Å². The number of piperidine rings is 1. The minimum absolute atomic E-state index is 0.232. The standard InChI is InChI=1S/C21H30N4O3/c1-5-17-19(22-10-13-26)25-14-16(6-7-18(25)23-17)15-8-11-24(12-9-15)20(27)28-21(2,3)4/h6-7,13-15,22H,5,8-12H2,1-4H3. The van der Waals surface area contributed by atoms with Crippen molar-refractivity contribution in [3.05, 3.63) is 29.6 Å². The summed E-state index contributed by atoms with van der Waals surface area (Å²) in [6, 6.07) is 4.15. The number of ether oxygens (including phenoxy) is 1. The Morgan fingerprint density at radius 2 is 2.04 bits per heavy atom. The van der Waals surface area contributed by atoms with Crippen molar-refractivity contribution in [3.8, 4) is 0 Å². The molecule has 7 nitrogen and oxygen atoms in total. The van der Waals surface area contributed by atoms with Crippen molar-refractivity contribution < 1.29 is 14.3 Å². The Morgan fingerprint density at radius 1 is 1.32 bits per heavy atom. The molecule has 2 aromatic heterocycles. The Kier molecular flexibility index (Phi) is 5.91. The van der Waals surface area contributed by atoms with Gasteiger partial charge < -0.3 is 19.7 Å². The number of anilines is 1. The van der Waals surface area contributed by atoms with Gasteiger partial charge in [0.2, 0.25) is 0 Å². The highest BCUT2D eigenvalue weighted by Gasteiger charge is 2.27. The van der Waals surface area contributed by atoms with Crippen LogP contribution in [-0.2, 0) is 16.0 Å². The number of likely N-dealkylation sites (tertiary alicyclic amines) is 1. The van der Waals surface area contributed by atoms with Crippen LogP contribution in [0.1, 0.15) is 57.7 Å². The lowest BCUT2D eigenvalue weighted by Gasteiger charge is -2.33. The number of nitrogens with zero attached hydrogens (tertiary/aromatic N) is 3. The summed E-state index contributed by atoms with van der Waals surface area (Å²) >= 11 is 0. The smallest absolute Gasteiger partial charge is 0.410 e. The third-order valence-electron chi connectivity index (χ3n) is 5.02. The molecule has 2 aromatic rings. The van der Waals surface area contributed by atoms with Crippen molar-refractivity contribution in [2.45, 2.75) is 58.5 Å². The summed E-state index contributed by atoms with van der Waals surface area (Å²) in [5, 5.41) is 3.17. The van der Waals surface area contributed by atoms with Crippen molar-refractivity contribution in [2.24, 2.45) is 0 Å². The molecule has 0 atom stereocenters. The van der Waals surface area contributed by atoms with E-state index in [4.69, 9.17) is 4.74 Å². The number of carbonyl (C=O) groups is 2. The fourth-order valence-electron chi connectivity index (χ4n) is 3.65. The minimum Gasteiger partial charge on any atom is -0.444 e. The number of aldehydes is 1. The molecule has 28 heavy (non-hydrogen) atoms. The maximum atomic E-state index is 12.3. The molecule has 0 aromatic carbocycles. The van der Waals surface area contributed by atoms with Crippen LogP contribution in [0.2, 0.25) is 0 Å². The molecule has 7 heteroatoms. The van der Waals surface area contributed by atoms with Crippen LogP contribution >= 0.6 is 0 Å². The molecular weight excluding hydrogens is 356 g/mol. The Bertz CT molecular complexity index is 845. The van der Waals surface area contributed by atoms with Crippen LogP contribution in [0.3, 0.4) is 0 Å². The number of hydrogen-bond acceptors (Lipinski definition) is 5. The summed E-state index contributed by atoms with van der Waals surface area (Å²) < 4.78 is 7.52. The zero-order valence-corrected chi connectivity index (χ0v) is 17.2. The number of aromatic nitrogens is 2. The van der Waals surface area contributed by atoms with E-state index in [9.17, 15) is 9.59 Å². The lowest BCUT2D eigenvalue weighted by Crippen LogP contribution is -2.41. The van der Waals surface area contributed by atoms with Crippen LogP contribution in [-0.4, -0.2) is 51.9 Å². The summed E-state index contributed by atoms with van der Waals surface area (Å²) in [6.07, 6.45) is 5.34. The molecule has 1 saturated heterocycles. The van der Waals surface area contributed by atoms with Crippen molar-refractivity contribution >= 4 is 23.8 Å². The predicted octanol–water partition coefficient (Wildman–Crippen LogP) is 3.62. The number of aryl methyl sites for hydroxylation is 1. The third-order valence-corrected chi connectivity index (χ3v) is 5.02. The maximum Gasteiger partial charge on any atom is 0.410 e.